The van der Waals surface area contributed by atoms with Gasteiger partial charge >= 0.3 is 0 Å². The smallest absolute Gasteiger partial charge is 0.271 e. The Kier molecular flexibility index (Phi) is 5.55. The summed E-state index contributed by atoms with van der Waals surface area (Å²) in [5.41, 5.74) is 1.03. The summed E-state index contributed by atoms with van der Waals surface area (Å²) in [6, 6.07) is 10.2. The Bertz CT molecular complexity index is 1100. The first kappa shape index (κ1) is 19.7. The molecule has 5 nitrogen and oxygen atoms in total. The van der Waals surface area contributed by atoms with Crippen molar-refractivity contribution >= 4 is 41.1 Å². The number of nitriles is 1. The number of nitrogens with zero attached hydrogens (tertiary/aromatic N) is 2. The highest BCUT2D eigenvalue weighted by Gasteiger charge is 2.34. The van der Waals surface area contributed by atoms with Crippen molar-refractivity contribution < 1.29 is 14.0 Å². The van der Waals surface area contributed by atoms with Crippen molar-refractivity contribution in [1.29, 1.82) is 5.26 Å². The summed E-state index contributed by atoms with van der Waals surface area (Å²) in [5, 5.41) is 10.3. The highest BCUT2D eigenvalue weighted by atomic mass is 35.5. The van der Waals surface area contributed by atoms with E-state index in [0.29, 0.717) is 32.7 Å². The van der Waals surface area contributed by atoms with E-state index >= 15 is 0 Å². The number of furan rings is 1. The second-order valence-corrected chi connectivity index (χ2v) is 6.85. The molecule has 2 amide bonds. The first-order chi connectivity index (χ1) is 13.4. The van der Waals surface area contributed by atoms with Crippen LogP contribution in [0.3, 0.4) is 0 Å². The highest BCUT2D eigenvalue weighted by molar-refractivity contribution is 6.35. The number of hydrogen-bond acceptors (Lipinski definition) is 4. The van der Waals surface area contributed by atoms with Gasteiger partial charge in [-0.2, -0.15) is 5.26 Å². The van der Waals surface area contributed by atoms with Crippen LogP contribution >= 0.6 is 23.2 Å². The molecular formula is C21H14Cl2N2O3. The quantitative estimate of drug-likeness (QED) is 0.400. The molecule has 1 aromatic carbocycles. The Balaban J connectivity index is 2.06. The molecular weight excluding hydrogens is 399 g/mol. The molecule has 0 unspecified atom stereocenters. The monoisotopic (exact) mass is 412 g/mol. The SMILES string of the molecule is C=CCN1C(=O)C(C#N)=C(C)/C(=C\c2ccc(-c3cc(Cl)ccc3Cl)o2)C1=O. The minimum Gasteiger partial charge on any atom is -0.457 e. The molecule has 2 aromatic rings. The molecule has 0 bridgehead atoms. The van der Waals surface area contributed by atoms with E-state index in [1.54, 1.807) is 37.3 Å². The lowest BCUT2D eigenvalue weighted by Gasteiger charge is -2.26. The largest absolute Gasteiger partial charge is 0.457 e. The van der Waals surface area contributed by atoms with Crippen LogP contribution in [0.5, 0.6) is 0 Å². The lowest BCUT2D eigenvalue weighted by Crippen LogP contribution is -2.42. The minimum absolute atomic E-state index is 0.00892. The van der Waals surface area contributed by atoms with Crippen LogP contribution in [0.2, 0.25) is 10.0 Å². The third-order valence-corrected chi connectivity index (χ3v) is 4.81. The zero-order chi connectivity index (χ0) is 20.4. The standard InChI is InChI=1S/C21H14Cl2N2O3/c1-3-8-25-20(26)15(12(2)17(11-24)21(25)27)10-14-5-7-19(28-14)16-9-13(22)4-6-18(16)23/h3-7,9-10H,1,8H2,2H3/b15-10+. The molecule has 0 atom stereocenters. The van der Waals surface area contributed by atoms with Crippen LogP contribution in [-0.2, 0) is 9.59 Å². The molecule has 0 aliphatic carbocycles. The predicted molar refractivity (Wildman–Crippen MR) is 107 cm³/mol. The highest BCUT2D eigenvalue weighted by Crippen LogP contribution is 2.33. The van der Waals surface area contributed by atoms with Gasteiger partial charge in [-0.15, -0.1) is 6.58 Å². The lowest BCUT2D eigenvalue weighted by molar-refractivity contribution is -0.139. The van der Waals surface area contributed by atoms with Crippen LogP contribution < -0.4 is 0 Å². The van der Waals surface area contributed by atoms with Gasteiger partial charge in [0, 0.05) is 22.7 Å². The molecule has 0 spiro atoms. The van der Waals surface area contributed by atoms with E-state index in [9.17, 15) is 14.9 Å². The van der Waals surface area contributed by atoms with Gasteiger partial charge in [-0.3, -0.25) is 14.5 Å². The maximum Gasteiger partial charge on any atom is 0.271 e. The zero-order valence-electron chi connectivity index (χ0n) is 14.8. The van der Waals surface area contributed by atoms with Crippen LogP contribution in [0, 0.1) is 11.3 Å². The average molecular weight is 413 g/mol. The Morgan fingerprint density at radius 3 is 2.64 bits per heavy atom. The predicted octanol–water partition coefficient (Wildman–Crippen LogP) is 5.03. The molecule has 1 aliphatic heterocycles. The number of benzene rings is 1. The van der Waals surface area contributed by atoms with Crippen LogP contribution in [0.25, 0.3) is 17.4 Å². The van der Waals surface area contributed by atoms with Gasteiger partial charge in [0.05, 0.1) is 5.02 Å². The Hall–Kier alpha value is -3.07. The molecule has 0 radical (unpaired) electrons. The fourth-order valence-corrected chi connectivity index (χ4v) is 3.21. The fraction of sp³-hybridized carbons (Fsp3) is 0.0952. The summed E-state index contributed by atoms with van der Waals surface area (Å²) < 4.78 is 5.80. The van der Waals surface area contributed by atoms with Gasteiger partial charge in [-0.1, -0.05) is 29.3 Å². The van der Waals surface area contributed by atoms with E-state index in [0.717, 1.165) is 4.90 Å². The van der Waals surface area contributed by atoms with E-state index in [1.165, 1.54) is 12.2 Å². The van der Waals surface area contributed by atoms with Crippen LogP contribution in [0.4, 0.5) is 0 Å². The molecule has 0 N–H and O–H groups in total. The summed E-state index contributed by atoms with van der Waals surface area (Å²) in [4.78, 5) is 26.0. The van der Waals surface area contributed by atoms with Gasteiger partial charge in [-0.25, -0.2) is 0 Å². The number of carbonyl (C=O) groups is 2. The first-order valence-corrected chi connectivity index (χ1v) is 8.98. The van der Waals surface area contributed by atoms with E-state index in [4.69, 9.17) is 27.6 Å². The number of hydrogen-bond donors (Lipinski definition) is 0. The van der Waals surface area contributed by atoms with Crippen LogP contribution in [0.15, 0.2) is 64.1 Å². The van der Waals surface area contributed by atoms with Gasteiger partial charge < -0.3 is 4.42 Å². The van der Waals surface area contributed by atoms with Crippen molar-refractivity contribution in [2.75, 3.05) is 6.54 Å². The van der Waals surface area contributed by atoms with Crippen molar-refractivity contribution in [1.82, 2.24) is 4.90 Å². The maximum atomic E-state index is 12.7. The summed E-state index contributed by atoms with van der Waals surface area (Å²) in [6.45, 7) is 5.12. The number of imide groups is 1. The molecule has 7 heteroatoms. The molecule has 3 rings (SSSR count). The molecule has 140 valence electrons. The molecule has 28 heavy (non-hydrogen) atoms. The fourth-order valence-electron chi connectivity index (χ4n) is 2.83. The van der Waals surface area contributed by atoms with Gasteiger partial charge in [0.2, 0.25) is 0 Å². The van der Waals surface area contributed by atoms with Crippen molar-refractivity contribution in [3.05, 3.63) is 75.5 Å². The lowest BCUT2D eigenvalue weighted by atomic mass is 9.94. The maximum absolute atomic E-state index is 12.7. The van der Waals surface area contributed by atoms with Crippen molar-refractivity contribution in [2.24, 2.45) is 0 Å². The van der Waals surface area contributed by atoms with Gasteiger partial charge in [0.15, 0.2) is 0 Å². The minimum atomic E-state index is -0.632. The molecule has 0 saturated carbocycles. The molecule has 1 aliphatic rings. The summed E-state index contributed by atoms with van der Waals surface area (Å²) in [6.07, 6.45) is 2.93. The number of rotatable bonds is 4. The van der Waals surface area contributed by atoms with E-state index in [2.05, 4.69) is 6.58 Å². The Morgan fingerprint density at radius 2 is 1.96 bits per heavy atom. The van der Waals surface area contributed by atoms with Gasteiger partial charge in [-0.05, 0) is 48.9 Å². The summed E-state index contributed by atoms with van der Waals surface area (Å²) in [7, 11) is 0. The third-order valence-electron chi connectivity index (χ3n) is 4.24. The summed E-state index contributed by atoms with van der Waals surface area (Å²) >= 11 is 12.2. The number of amides is 2. The second kappa shape index (κ2) is 7.89. The Labute approximate surface area is 171 Å². The summed E-state index contributed by atoms with van der Waals surface area (Å²) in [5.74, 6) is -0.296. The third kappa shape index (κ3) is 3.53. The molecule has 0 fully saturated rings. The van der Waals surface area contributed by atoms with Crippen molar-refractivity contribution in [3.63, 3.8) is 0 Å². The van der Waals surface area contributed by atoms with Crippen LogP contribution in [0.1, 0.15) is 12.7 Å². The number of halogens is 2. The Morgan fingerprint density at radius 1 is 1.21 bits per heavy atom. The van der Waals surface area contributed by atoms with Crippen molar-refractivity contribution in [3.8, 4) is 17.4 Å². The van der Waals surface area contributed by atoms with Gasteiger partial charge in [0.1, 0.15) is 23.2 Å². The number of carbonyl (C=O) groups excluding carboxylic acids is 2. The molecule has 1 aromatic heterocycles. The second-order valence-electron chi connectivity index (χ2n) is 6.01. The zero-order valence-corrected chi connectivity index (χ0v) is 16.3. The van der Waals surface area contributed by atoms with Gasteiger partial charge in [0.25, 0.3) is 11.8 Å². The van der Waals surface area contributed by atoms with E-state index < -0.39 is 11.8 Å². The average Bonchev–Trinajstić information content (AvgIpc) is 3.13. The molecule has 2 heterocycles. The van der Waals surface area contributed by atoms with Crippen molar-refractivity contribution in [2.45, 2.75) is 6.92 Å². The molecule has 0 saturated heterocycles. The van der Waals surface area contributed by atoms with E-state index in [1.807, 2.05) is 6.07 Å². The normalized spacial score (nSPS) is 15.9. The van der Waals surface area contributed by atoms with Crippen LogP contribution in [-0.4, -0.2) is 23.3 Å². The first-order valence-electron chi connectivity index (χ1n) is 8.22. The van der Waals surface area contributed by atoms with E-state index in [-0.39, 0.29) is 17.7 Å². The topological polar surface area (TPSA) is 74.3 Å².